The van der Waals surface area contributed by atoms with Crippen LogP contribution in [0.4, 0.5) is 11.6 Å². The van der Waals surface area contributed by atoms with Crippen LogP contribution < -0.4 is 10.2 Å². The zero-order valence-corrected chi connectivity index (χ0v) is 19.4. The molecule has 1 fully saturated rings. The molecule has 0 aromatic carbocycles. The van der Waals surface area contributed by atoms with Gasteiger partial charge in [0.1, 0.15) is 22.9 Å². The second-order valence-corrected chi connectivity index (χ2v) is 8.43. The number of nitrogens with zero attached hydrogens (tertiary/aromatic N) is 8. The van der Waals surface area contributed by atoms with E-state index in [2.05, 4.69) is 49.9 Å². The molecule has 0 radical (unpaired) electrons. The highest BCUT2D eigenvalue weighted by atomic mass is 16.5. The summed E-state index contributed by atoms with van der Waals surface area (Å²) < 4.78 is 15.0. The highest BCUT2D eigenvalue weighted by molar-refractivity contribution is 5.82. The zero-order chi connectivity index (χ0) is 22.9. The van der Waals surface area contributed by atoms with Gasteiger partial charge in [-0.2, -0.15) is 0 Å². The summed E-state index contributed by atoms with van der Waals surface area (Å²) in [4.78, 5) is 16.7. The molecular weight excluding hydrogens is 422 g/mol. The number of ether oxygens (including phenoxy) is 2. The first kappa shape index (κ1) is 21.5. The Bertz CT molecular complexity index is 1270. The normalized spacial score (nSPS) is 14.6. The molecule has 0 saturated carbocycles. The number of pyridine rings is 1. The minimum atomic E-state index is 0.196. The van der Waals surface area contributed by atoms with Crippen LogP contribution in [0, 0.1) is 6.92 Å². The number of methoxy groups -OCH3 is 1. The SMILES string of the molecule is COCCn1c(-c2cn3c(C)nnc3c(NC(C)C)n2)nc2cnc(N3CCOCC3)cc21. The molecule has 5 rings (SSSR count). The quantitative estimate of drug-likeness (QED) is 0.452. The number of hydrogen-bond donors (Lipinski definition) is 1. The van der Waals surface area contributed by atoms with E-state index in [1.54, 1.807) is 7.11 Å². The standard InChI is InChI=1S/C22H29N9O2/c1-14(2)24-20-22-28-27-15(3)31(22)13-17(25-20)21-26-16-12-23-19(29-5-9-33-10-6-29)11-18(16)30(21)7-8-32-4/h11-14H,5-10H2,1-4H3,(H,24,25). The number of hydrogen-bond acceptors (Lipinski definition) is 9. The Kier molecular flexibility index (Phi) is 5.81. The van der Waals surface area contributed by atoms with Crippen molar-refractivity contribution in [1.82, 2.24) is 34.1 Å². The molecule has 174 valence electrons. The van der Waals surface area contributed by atoms with Crippen LogP contribution in [0.25, 0.3) is 28.2 Å². The average molecular weight is 452 g/mol. The number of aryl methyl sites for hydroxylation is 1. The van der Waals surface area contributed by atoms with E-state index in [-0.39, 0.29) is 6.04 Å². The predicted molar refractivity (Wildman–Crippen MR) is 126 cm³/mol. The lowest BCUT2D eigenvalue weighted by atomic mass is 10.3. The third kappa shape index (κ3) is 4.09. The maximum absolute atomic E-state index is 5.49. The molecule has 0 spiro atoms. The molecule has 0 bridgehead atoms. The summed E-state index contributed by atoms with van der Waals surface area (Å²) in [7, 11) is 1.70. The van der Waals surface area contributed by atoms with E-state index < -0.39 is 0 Å². The molecule has 0 unspecified atom stereocenters. The van der Waals surface area contributed by atoms with Crippen molar-refractivity contribution in [1.29, 1.82) is 0 Å². The number of fused-ring (bicyclic) bond motifs is 2. The van der Waals surface area contributed by atoms with E-state index >= 15 is 0 Å². The average Bonchev–Trinajstić information content (AvgIpc) is 3.38. The number of nitrogens with one attached hydrogen (secondary N) is 1. The van der Waals surface area contributed by atoms with Crippen LogP contribution >= 0.6 is 0 Å². The molecule has 0 amide bonds. The van der Waals surface area contributed by atoms with E-state index in [0.717, 1.165) is 47.3 Å². The minimum Gasteiger partial charge on any atom is -0.383 e. The summed E-state index contributed by atoms with van der Waals surface area (Å²) in [6, 6.07) is 2.30. The van der Waals surface area contributed by atoms with Gasteiger partial charge in [-0.1, -0.05) is 0 Å². The van der Waals surface area contributed by atoms with E-state index in [9.17, 15) is 0 Å². The van der Waals surface area contributed by atoms with Crippen molar-refractivity contribution in [3.63, 3.8) is 0 Å². The predicted octanol–water partition coefficient (Wildman–Crippen LogP) is 2.15. The first-order chi connectivity index (χ1) is 16.0. The van der Waals surface area contributed by atoms with Crippen molar-refractivity contribution in [2.75, 3.05) is 50.2 Å². The number of imidazole rings is 1. The van der Waals surface area contributed by atoms with Gasteiger partial charge in [-0.25, -0.2) is 15.0 Å². The van der Waals surface area contributed by atoms with Crippen molar-refractivity contribution >= 4 is 28.3 Å². The summed E-state index contributed by atoms with van der Waals surface area (Å²) >= 11 is 0. The topological polar surface area (TPSA) is 108 Å². The molecule has 33 heavy (non-hydrogen) atoms. The smallest absolute Gasteiger partial charge is 0.203 e. The highest BCUT2D eigenvalue weighted by Crippen LogP contribution is 2.28. The maximum atomic E-state index is 5.49. The maximum Gasteiger partial charge on any atom is 0.203 e. The third-order valence-electron chi connectivity index (χ3n) is 5.69. The van der Waals surface area contributed by atoms with Crippen LogP contribution in [0.5, 0.6) is 0 Å². The first-order valence-corrected chi connectivity index (χ1v) is 11.2. The van der Waals surface area contributed by atoms with E-state index in [0.29, 0.717) is 37.8 Å². The molecule has 0 aliphatic carbocycles. The van der Waals surface area contributed by atoms with Crippen LogP contribution in [-0.4, -0.2) is 80.2 Å². The Hall–Kier alpha value is -3.31. The molecule has 4 aromatic heterocycles. The van der Waals surface area contributed by atoms with Crippen LogP contribution in [0.15, 0.2) is 18.5 Å². The van der Waals surface area contributed by atoms with Crippen molar-refractivity contribution < 1.29 is 9.47 Å². The molecule has 1 aliphatic rings. The number of anilines is 2. The van der Waals surface area contributed by atoms with Gasteiger partial charge in [-0.05, 0) is 20.8 Å². The van der Waals surface area contributed by atoms with Crippen molar-refractivity contribution in [3.8, 4) is 11.5 Å². The lowest BCUT2D eigenvalue weighted by Crippen LogP contribution is -2.36. The molecular formula is C22H29N9O2. The molecule has 0 atom stereocenters. The van der Waals surface area contributed by atoms with Crippen molar-refractivity contribution in [2.45, 2.75) is 33.4 Å². The number of aromatic nitrogens is 7. The fourth-order valence-corrected chi connectivity index (χ4v) is 4.07. The van der Waals surface area contributed by atoms with E-state index in [1.807, 2.05) is 23.7 Å². The van der Waals surface area contributed by atoms with Gasteiger partial charge in [0, 0.05) is 45.0 Å². The third-order valence-corrected chi connectivity index (χ3v) is 5.69. The van der Waals surface area contributed by atoms with Crippen LogP contribution in [-0.2, 0) is 16.0 Å². The molecule has 11 nitrogen and oxygen atoms in total. The highest BCUT2D eigenvalue weighted by Gasteiger charge is 2.20. The monoisotopic (exact) mass is 451 g/mol. The van der Waals surface area contributed by atoms with Gasteiger partial charge in [0.05, 0.1) is 31.5 Å². The van der Waals surface area contributed by atoms with Gasteiger partial charge in [0.25, 0.3) is 0 Å². The zero-order valence-electron chi connectivity index (χ0n) is 19.4. The summed E-state index contributed by atoms with van der Waals surface area (Å²) in [5, 5.41) is 11.9. The first-order valence-electron chi connectivity index (χ1n) is 11.2. The Balaban J connectivity index is 1.66. The largest absolute Gasteiger partial charge is 0.383 e. The Morgan fingerprint density at radius 1 is 1.18 bits per heavy atom. The lowest BCUT2D eigenvalue weighted by molar-refractivity contribution is 0.122. The van der Waals surface area contributed by atoms with Crippen LogP contribution in [0.1, 0.15) is 19.7 Å². The van der Waals surface area contributed by atoms with Gasteiger partial charge in [0.2, 0.25) is 5.65 Å². The number of rotatable bonds is 7. The van der Waals surface area contributed by atoms with Gasteiger partial charge < -0.3 is 24.3 Å². The second-order valence-electron chi connectivity index (χ2n) is 8.43. The molecule has 11 heteroatoms. The van der Waals surface area contributed by atoms with Gasteiger partial charge in [-0.3, -0.25) is 4.40 Å². The molecule has 5 heterocycles. The van der Waals surface area contributed by atoms with Gasteiger partial charge in [0.15, 0.2) is 11.6 Å². The van der Waals surface area contributed by atoms with Crippen molar-refractivity contribution in [2.24, 2.45) is 0 Å². The van der Waals surface area contributed by atoms with Crippen LogP contribution in [0.3, 0.4) is 0 Å². The summed E-state index contributed by atoms with van der Waals surface area (Å²) in [5.74, 6) is 3.15. The minimum absolute atomic E-state index is 0.196. The molecule has 1 saturated heterocycles. The summed E-state index contributed by atoms with van der Waals surface area (Å²) in [6.45, 7) is 10.3. The van der Waals surface area contributed by atoms with Gasteiger partial charge in [-0.15, -0.1) is 10.2 Å². The fraction of sp³-hybridized carbons (Fsp3) is 0.500. The molecule has 1 N–H and O–H groups in total. The lowest BCUT2D eigenvalue weighted by Gasteiger charge is -2.27. The van der Waals surface area contributed by atoms with E-state index in [4.69, 9.17) is 19.4 Å². The Morgan fingerprint density at radius 3 is 2.76 bits per heavy atom. The molecule has 1 aliphatic heterocycles. The van der Waals surface area contributed by atoms with Crippen LogP contribution in [0.2, 0.25) is 0 Å². The fourth-order valence-electron chi connectivity index (χ4n) is 4.07. The number of morpholine rings is 1. The summed E-state index contributed by atoms with van der Waals surface area (Å²) in [6.07, 6.45) is 3.78. The summed E-state index contributed by atoms with van der Waals surface area (Å²) in [5.41, 5.74) is 3.24. The Morgan fingerprint density at radius 2 is 2.00 bits per heavy atom. The van der Waals surface area contributed by atoms with Crippen molar-refractivity contribution in [3.05, 3.63) is 24.3 Å². The van der Waals surface area contributed by atoms with Gasteiger partial charge >= 0.3 is 0 Å². The van der Waals surface area contributed by atoms with E-state index in [1.165, 1.54) is 0 Å². The molecule has 4 aromatic rings. The second kappa shape index (κ2) is 8.91. The Labute approximate surface area is 191 Å².